The molecule has 0 radical (unpaired) electrons. The van der Waals surface area contributed by atoms with E-state index in [-0.39, 0.29) is 12.4 Å². The van der Waals surface area contributed by atoms with Crippen LogP contribution >= 0.6 is 0 Å². The highest BCUT2D eigenvalue weighted by Gasteiger charge is 2.15. The first-order valence-corrected chi connectivity index (χ1v) is 13.3. The minimum atomic E-state index is -0.467. The number of hydrogen-bond acceptors (Lipinski definition) is 10. The van der Waals surface area contributed by atoms with Crippen molar-refractivity contribution in [2.45, 2.75) is 39.4 Å². The van der Waals surface area contributed by atoms with E-state index in [0.717, 1.165) is 5.56 Å². The standard InChI is InChI=1S/C28H48O10/c1-28(2,3)38-27(29)9-10-30-11-12-31-13-14-32-15-16-33-17-18-34-19-20-35-21-22-36-23-24-37-25-26-7-5-4-6-8-26/h4-8H,9-25H2,1-3H3. The molecule has 0 spiro atoms. The Morgan fingerprint density at radius 3 is 1.24 bits per heavy atom. The molecule has 0 aliphatic rings. The Kier molecular flexibility index (Phi) is 22.1. The molecular formula is C28H48O10. The van der Waals surface area contributed by atoms with Crippen molar-refractivity contribution < 1.29 is 47.4 Å². The maximum absolute atomic E-state index is 11.5. The molecular weight excluding hydrogens is 496 g/mol. The van der Waals surface area contributed by atoms with Crippen LogP contribution in [0.15, 0.2) is 30.3 Å². The van der Waals surface area contributed by atoms with Gasteiger partial charge in [0, 0.05) is 0 Å². The lowest BCUT2D eigenvalue weighted by molar-refractivity contribution is -0.156. The van der Waals surface area contributed by atoms with Gasteiger partial charge >= 0.3 is 5.97 Å². The van der Waals surface area contributed by atoms with Crippen LogP contribution < -0.4 is 0 Å². The normalized spacial score (nSPS) is 11.7. The SMILES string of the molecule is CC(C)(C)OC(=O)CCOCCOCCOCCOCCOCCOCCOCCOCc1ccccc1. The van der Waals surface area contributed by atoms with Gasteiger partial charge < -0.3 is 42.6 Å². The molecule has 10 heteroatoms. The van der Waals surface area contributed by atoms with E-state index < -0.39 is 5.60 Å². The minimum Gasteiger partial charge on any atom is -0.460 e. The van der Waals surface area contributed by atoms with Gasteiger partial charge in [0.05, 0.1) is 112 Å². The monoisotopic (exact) mass is 544 g/mol. The fourth-order valence-corrected chi connectivity index (χ4v) is 2.85. The minimum absolute atomic E-state index is 0.238. The summed E-state index contributed by atoms with van der Waals surface area (Å²) in [6.07, 6.45) is 0.238. The fraction of sp³-hybridized carbons (Fsp3) is 0.750. The number of rotatable bonds is 26. The van der Waals surface area contributed by atoms with E-state index in [2.05, 4.69) is 0 Å². The maximum Gasteiger partial charge on any atom is 0.308 e. The van der Waals surface area contributed by atoms with Crippen molar-refractivity contribution in [3.8, 4) is 0 Å². The molecule has 38 heavy (non-hydrogen) atoms. The first-order valence-electron chi connectivity index (χ1n) is 13.3. The highest BCUT2D eigenvalue weighted by atomic mass is 16.6. The third kappa shape index (κ3) is 24.7. The fourth-order valence-electron chi connectivity index (χ4n) is 2.85. The Labute approximate surface area is 228 Å². The molecule has 0 saturated carbocycles. The van der Waals surface area contributed by atoms with E-state index in [1.165, 1.54) is 0 Å². The van der Waals surface area contributed by atoms with Crippen LogP contribution in [-0.4, -0.2) is 111 Å². The van der Waals surface area contributed by atoms with Crippen LogP contribution in [0.3, 0.4) is 0 Å². The van der Waals surface area contributed by atoms with Gasteiger partial charge in [-0.3, -0.25) is 4.79 Å². The number of esters is 1. The van der Waals surface area contributed by atoms with Crippen molar-refractivity contribution in [2.24, 2.45) is 0 Å². The molecule has 10 nitrogen and oxygen atoms in total. The molecule has 1 rings (SSSR count). The molecule has 0 aliphatic heterocycles. The summed E-state index contributed by atoms with van der Waals surface area (Å²) < 4.78 is 48.8. The lowest BCUT2D eigenvalue weighted by Crippen LogP contribution is -2.24. The zero-order valence-electron chi connectivity index (χ0n) is 23.5. The number of hydrogen-bond donors (Lipinski definition) is 0. The van der Waals surface area contributed by atoms with E-state index >= 15 is 0 Å². The van der Waals surface area contributed by atoms with Crippen LogP contribution in [-0.2, 0) is 54.0 Å². The number of benzene rings is 1. The van der Waals surface area contributed by atoms with E-state index in [9.17, 15) is 4.79 Å². The van der Waals surface area contributed by atoms with Crippen LogP contribution in [0.2, 0.25) is 0 Å². The van der Waals surface area contributed by atoms with E-state index in [1.54, 1.807) is 0 Å². The molecule has 220 valence electrons. The van der Waals surface area contributed by atoms with E-state index in [1.807, 2.05) is 51.1 Å². The highest BCUT2D eigenvalue weighted by molar-refractivity contribution is 5.69. The summed E-state index contributed by atoms with van der Waals surface area (Å²) in [6.45, 7) is 13.5. The van der Waals surface area contributed by atoms with Crippen LogP contribution in [0.1, 0.15) is 32.8 Å². The molecule has 0 saturated heterocycles. The number of ether oxygens (including phenoxy) is 9. The molecule has 0 amide bonds. The Hall–Kier alpha value is -1.63. The summed E-state index contributed by atoms with van der Waals surface area (Å²) in [5, 5.41) is 0. The Balaban J connectivity index is 1.67. The summed E-state index contributed by atoms with van der Waals surface area (Å²) in [7, 11) is 0. The van der Waals surface area contributed by atoms with Crippen molar-refractivity contribution in [1.82, 2.24) is 0 Å². The quantitative estimate of drug-likeness (QED) is 0.128. The molecule has 0 aliphatic carbocycles. The first kappa shape index (κ1) is 34.4. The van der Waals surface area contributed by atoms with Crippen molar-refractivity contribution in [1.29, 1.82) is 0 Å². The highest BCUT2D eigenvalue weighted by Crippen LogP contribution is 2.08. The number of carbonyl (C=O) groups excluding carboxylic acids is 1. The van der Waals surface area contributed by atoms with Crippen LogP contribution in [0.25, 0.3) is 0 Å². The van der Waals surface area contributed by atoms with Gasteiger partial charge in [-0.1, -0.05) is 30.3 Å². The van der Waals surface area contributed by atoms with Crippen LogP contribution in [0.4, 0.5) is 0 Å². The molecule has 0 N–H and O–H groups in total. The van der Waals surface area contributed by atoms with Gasteiger partial charge in [-0.2, -0.15) is 0 Å². The molecule has 0 atom stereocenters. The predicted molar refractivity (Wildman–Crippen MR) is 142 cm³/mol. The second-order valence-electron chi connectivity index (χ2n) is 9.16. The largest absolute Gasteiger partial charge is 0.460 e. The topological polar surface area (TPSA) is 100 Å². The van der Waals surface area contributed by atoms with Crippen LogP contribution in [0, 0.1) is 0 Å². The van der Waals surface area contributed by atoms with E-state index in [4.69, 9.17) is 42.6 Å². The predicted octanol–water partition coefficient (Wildman–Crippen LogP) is 3.05. The molecule has 0 bridgehead atoms. The smallest absolute Gasteiger partial charge is 0.308 e. The van der Waals surface area contributed by atoms with Gasteiger partial charge in [0.1, 0.15) is 5.60 Å². The second kappa shape index (κ2) is 24.4. The third-order valence-electron chi connectivity index (χ3n) is 4.59. The average molecular weight is 545 g/mol. The molecule has 1 aromatic rings. The van der Waals surface area contributed by atoms with Crippen LogP contribution in [0.5, 0.6) is 0 Å². The average Bonchev–Trinajstić information content (AvgIpc) is 2.88. The Morgan fingerprint density at radius 1 is 0.526 bits per heavy atom. The van der Waals surface area contributed by atoms with Crippen molar-refractivity contribution in [2.75, 3.05) is 99.1 Å². The summed E-state index contributed by atoms with van der Waals surface area (Å²) >= 11 is 0. The second-order valence-corrected chi connectivity index (χ2v) is 9.16. The number of carbonyl (C=O) groups is 1. The summed E-state index contributed by atoms with van der Waals surface area (Å²) in [6, 6.07) is 10.1. The summed E-state index contributed by atoms with van der Waals surface area (Å²) in [5.41, 5.74) is 0.690. The van der Waals surface area contributed by atoms with Gasteiger partial charge in [-0.05, 0) is 26.3 Å². The Morgan fingerprint density at radius 2 is 0.868 bits per heavy atom. The summed E-state index contributed by atoms with van der Waals surface area (Å²) in [5.74, 6) is -0.260. The molecule has 0 aromatic heterocycles. The first-order chi connectivity index (χ1) is 18.5. The third-order valence-corrected chi connectivity index (χ3v) is 4.59. The Bertz CT molecular complexity index is 651. The lowest BCUT2D eigenvalue weighted by Gasteiger charge is -2.19. The van der Waals surface area contributed by atoms with Gasteiger partial charge in [-0.15, -0.1) is 0 Å². The molecule has 0 heterocycles. The maximum atomic E-state index is 11.5. The van der Waals surface area contributed by atoms with Crippen molar-refractivity contribution >= 4 is 5.97 Å². The lowest BCUT2D eigenvalue weighted by atomic mass is 10.2. The van der Waals surface area contributed by atoms with Crippen molar-refractivity contribution in [3.63, 3.8) is 0 Å². The molecule has 1 aromatic carbocycles. The van der Waals surface area contributed by atoms with Gasteiger partial charge in [0.15, 0.2) is 0 Å². The zero-order valence-corrected chi connectivity index (χ0v) is 23.5. The summed E-state index contributed by atoms with van der Waals surface area (Å²) in [4.78, 5) is 11.5. The van der Waals surface area contributed by atoms with E-state index in [0.29, 0.717) is 106 Å². The van der Waals surface area contributed by atoms with Gasteiger partial charge in [0.25, 0.3) is 0 Å². The molecule has 0 unspecified atom stereocenters. The van der Waals surface area contributed by atoms with Gasteiger partial charge in [0.2, 0.25) is 0 Å². The van der Waals surface area contributed by atoms with Gasteiger partial charge in [-0.25, -0.2) is 0 Å². The molecule has 0 fully saturated rings. The zero-order chi connectivity index (χ0) is 27.6. The van der Waals surface area contributed by atoms with Crippen molar-refractivity contribution in [3.05, 3.63) is 35.9 Å².